The van der Waals surface area contributed by atoms with Crippen molar-refractivity contribution in [1.82, 2.24) is 0 Å². The Bertz CT molecular complexity index is 430. The highest BCUT2D eigenvalue weighted by atomic mass is 19.2. The van der Waals surface area contributed by atoms with Gasteiger partial charge in [0.2, 0.25) is 0 Å². The smallest absolute Gasteiger partial charge is 0.170 e. The first-order valence-electron chi connectivity index (χ1n) is 5.59. The Hall–Kier alpha value is -1.29. The molecule has 0 aliphatic heterocycles. The number of carbonyl (C=O) groups excluding carboxylic acids is 1. The predicted molar refractivity (Wildman–Crippen MR) is 62.8 cm³/mol. The summed E-state index contributed by atoms with van der Waals surface area (Å²) in [6.07, 6.45) is 0. The van der Waals surface area contributed by atoms with Crippen molar-refractivity contribution in [3.8, 4) is 0 Å². The third kappa shape index (κ3) is 2.69. The van der Waals surface area contributed by atoms with Crippen molar-refractivity contribution in [2.45, 2.75) is 20.8 Å². The molecule has 17 heavy (non-hydrogen) atoms. The lowest BCUT2D eigenvalue weighted by Crippen LogP contribution is -2.29. The van der Waals surface area contributed by atoms with E-state index in [4.69, 9.17) is 5.73 Å². The Labute approximate surface area is 99.8 Å². The molecule has 0 saturated heterocycles. The van der Waals surface area contributed by atoms with Gasteiger partial charge in [0.1, 0.15) is 0 Å². The summed E-state index contributed by atoms with van der Waals surface area (Å²) in [6.45, 7) is 5.25. The third-order valence-electron chi connectivity index (χ3n) is 2.94. The van der Waals surface area contributed by atoms with Gasteiger partial charge in [-0.15, -0.1) is 0 Å². The van der Waals surface area contributed by atoms with Crippen LogP contribution in [0.4, 0.5) is 8.78 Å². The Morgan fingerprint density at radius 1 is 1.29 bits per heavy atom. The number of halogens is 2. The fraction of sp³-hybridized carbons (Fsp3) is 0.462. The van der Waals surface area contributed by atoms with E-state index in [0.717, 1.165) is 0 Å². The number of carbonyl (C=O) groups is 1. The largest absolute Gasteiger partial charge is 0.330 e. The van der Waals surface area contributed by atoms with E-state index in [1.165, 1.54) is 19.1 Å². The van der Waals surface area contributed by atoms with Crippen LogP contribution in [0, 0.1) is 30.4 Å². The lowest BCUT2D eigenvalue weighted by atomic mass is 9.87. The number of benzene rings is 1. The SMILES string of the molecule is Cc1ccc(C(=O)C(CN)C(C)C)c(F)c1F. The number of aryl methyl sites for hydroxylation is 1. The number of ketones is 1. The van der Waals surface area contributed by atoms with Crippen molar-refractivity contribution >= 4 is 5.78 Å². The molecule has 1 atom stereocenters. The molecular formula is C13H17F2NO. The van der Waals surface area contributed by atoms with Gasteiger partial charge in [-0.2, -0.15) is 0 Å². The molecule has 0 amide bonds. The van der Waals surface area contributed by atoms with Gasteiger partial charge in [0.25, 0.3) is 0 Å². The number of rotatable bonds is 4. The molecular weight excluding hydrogens is 224 g/mol. The fourth-order valence-corrected chi connectivity index (χ4v) is 1.72. The van der Waals surface area contributed by atoms with Crippen LogP contribution in [0.25, 0.3) is 0 Å². The quantitative estimate of drug-likeness (QED) is 0.823. The molecule has 2 N–H and O–H groups in total. The van der Waals surface area contributed by atoms with E-state index in [2.05, 4.69) is 0 Å². The zero-order chi connectivity index (χ0) is 13.2. The fourth-order valence-electron chi connectivity index (χ4n) is 1.72. The molecule has 2 nitrogen and oxygen atoms in total. The van der Waals surface area contributed by atoms with Gasteiger partial charge in [-0.25, -0.2) is 8.78 Å². The molecule has 1 aromatic carbocycles. The zero-order valence-electron chi connectivity index (χ0n) is 10.3. The average Bonchev–Trinajstić information content (AvgIpc) is 2.26. The average molecular weight is 241 g/mol. The van der Waals surface area contributed by atoms with E-state index in [1.807, 2.05) is 13.8 Å². The van der Waals surface area contributed by atoms with Crippen molar-refractivity contribution < 1.29 is 13.6 Å². The Morgan fingerprint density at radius 3 is 2.35 bits per heavy atom. The molecule has 4 heteroatoms. The molecule has 1 rings (SSSR count). The summed E-state index contributed by atoms with van der Waals surface area (Å²) >= 11 is 0. The van der Waals surface area contributed by atoms with Crippen LogP contribution in [0.2, 0.25) is 0 Å². The Kier molecular flexibility index (Phi) is 4.34. The van der Waals surface area contributed by atoms with Gasteiger partial charge in [-0.1, -0.05) is 19.9 Å². The van der Waals surface area contributed by atoms with Crippen molar-refractivity contribution in [3.63, 3.8) is 0 Å². The lowest BCUT2D eigenvalue weighted by Gasteiger charge is -2.18. The maximum absolute atomic E-state index is 13.6. The van der Waals surface area contributed by atoms with E-state index in [1.54, 1.807) is 0 Å². The standard InChI is InChI=1S/C13H17F2NO/c1-7(2)10(6-16)13(17)9-5-4-8(3)11(14)12(9)15/h4-5,7,10H,6,16H2,1-3H3. The van der Waals surface area contributed by atoms with Gasteiger partial charge in [0.15, 0.2) is 17.4 Å². The third-order valence-corrected chi connectivity index (χ3v) is 2.94. The Balaban J connectivity index is 3.17. The molecule has 0 spiro atoms. The number of nitrogens with two attached hydrogens (primary N) is 1. The van der Waals surface area contributed by atoms with Crippen LogP contribution in [0.3, 0.4) is 0 Å². The van der Waals surface area contributed by atoms with Crippen LogP contribution in [0.15, 0.2) is 12.1 Å². The first-order chi connectivity index (χ1) is 7.90. The van der Waals surface area contributed by atoms with Crippen molar-refractivity contribution in [2.24, 2.45) is 17.6 Å². The van der Waals surface area contributed by atoms with Crippen LogP contribution >= 0.6 is 0 Å². The molecule has 0 aromatic heterocycles. The van der Waals surface area contributed by atoms with E-state index < -0.39 is 23.3 Å². The van der Waals surface area contributed by atoms with Crippen LogP contribution < -0.4 is 5.73 Å². The minimum absolute atomic E-state index is 0.00346. The Morgan fingerprint density at radius 2 is 1.88 bits per heavy atom. The summed E-state index contributed by atoms with van der Waals surface area (Å²) in [4.78, 5) is 12.0. The normalized spacial score (nSPS) is 12.9. The second-order valence-electron chi connectivity index (χ2n) is 4.51. The molecule has 0 saturated carbocycles. The highest BCUT2D eigenvalue weighted by Crippen LogP contribution is 2.21. The first kappa shape index (κ1) is 13.8. The molecule has 94 valence electrons. The summed E-state index contributed by atoms with van der Waals surface area (Å²) in [5, 5.41) is 0. The van der Waals surface area contributed by atoms with E-state index in [0.29, 0.717) is 0 Å². The topological polar surface area (TPSA) is 43.1 Å². The second-order valence-corrected chi connectivity index (χ2v) is 4.51. The molecule has 0 radical (unpaired) electrons. The van der Waals surface area contributed by atoms with E-state index >= 15 is 0 Å². The van der Waals surface area contributed by atoms with Crippen LogP contribution in [0.5, 0.6) is 0 Å². The maximum Gasteiger partial charge on any atom is 0.170 e. The monoisotopic (exact) mass is 241 g/mol. The molecule has 0 aliphatic carbocycles. The first-order valence-corrected chi connectivity index (χ1v) is 5.59. The summed E-state index contributed by atoms with van der Waals surface area (Å²) in [7, 11) is 0. The lowest BCUT2D eigenvalue weighted by molar-refractivity contribution is 0.0887. The van der Waals surface area contributed by atoms with Gasteiger partial charge in [0, 0.05) is 12.5 Å². The summed E-state index contributed by atoms with van der Waals surface area (Å²) < 4.78 is 27.0. The van der Waals surface area contributed by atoms with Gasteiger partial charge < -0.3 is 5.73 Å². The van der Waals surface area contributed by atoms with Gasteiger partial charge in [0.05, 0.1) is 5.56 Å². The molecule has 0 bridgehead atoms. The summed E-state index contributed by atoms with van der Waals surface area (Å²) in [5.41, 5.74) is 5.47. The van der Waals surface area contributed by atoms with Crippen LogP contribution in [0.1, 0.15) is 29.8 Å². The predicted octanol–water partition coefficient (Wildman–Crippen LogP) is 2.69. The van der Waals surface area contributed by atoms with Crippen molar-refractivity contribution in [2.75, 3.05) is 6.54 Å². The number of Topliss-reactive ketones (excluding diaryl/α,β-unsaturated/α-hetero) is 1. The van der Waals surface area contributed by atoms with E-state index in [-0.39, 0.29) is 23.6 Å². The highest BCUT2D eigenvalue weighted by Gasteiger charge is 2.26. The van der Waals surface area contributed by atoms with Gasteiger partial charge in [-0.05, 0) is 24.5 Å². The summed E-state index contributed by atoms with van der Waals surface area (Å²) in [6, 6.07) is 2.72. The molecule has 0 fully saturated rings. The van der Waals surface area contributed by atoms with Gasteiger partial charge in [-0.3, -0.25) is 4.79 Å². The highest BCUT2D eigenvalue weighted by molar-refractivity contribution is 5.98. The van der Waals surface area contributed by atoms with Crippen LogP contribution in [-0.4, -0.2) is 12.3 Å². The second kappa shape index (κ2) is 5.36. The minimum atomic E-state index is -1.07. The van der Waals surface area contributed by atoms with Crippen LogP contribution in [-0.2, 0) is 0 Å². The van der Waals surface area contributed by atoms with E-state index in [9.17, 15) is 13.6 Å². The number of hydrogen-bond acceptors (Lipinski definition) is 2. The van der Waals surface area contributed by atoms with Crippen molar-refractivity contribution in [1.29, 1.82) is 0 Å². The molecule has 0 heterocycles. The summed E-state index contributed by atoms with van der Waals surface area (Å²) in [5.74, 6) is -2.95. The molecule has 0 aliphatic rings. The maximum atomic E-state index is 13.6. The minimum Gasteiger partial charge on any atom is -0.330 e. The van der Waals surface area contributed by atoms with Gasteiger partial charge >= 0.3 is 0 Å². The van der Waals surface area contributed by atoms with Crippen molar-refractivity contribution in [3.05, 3.63) is 34.9 Å². The zero-order valence-corrected chi connectivity index (χ0v) is 10.3. The number of hydrogen-bond donors (Lipinski definition) is 1. The molecule has 1 aromatic rings. The molecule has 1 unspecified atom stereocenters.